The van der Waals surface area contributed by atoms with Gasteiger partial charge in [-0.2, -0.15) is 0 Å². The molecular weight excluding hydrogens is 296 g/mol. The Bertz CT molecular complexity index is 690. The number of pyridine rings is 1. The average molecular weight is 314 g/mol. The average Bonchev–Trinajstić information content (AvgIpc) is 2.84. The van der Waals surface area contributed by atoms with Gasteiger partial charge in [-0.25, -0.2) is 4.98 Å². The Labute approximate surface area is 134 Å². The molecule has 1 aromatic carbocycles. The second kappa shape index (κ2) is 6.50. The molecule has 0 spiro atoms. The third kappa shape index (κ3) is 3.00. The number of nitrogens with one attached hydrogen (secondary N) is 1. The van der Waals surface area contributed by atoms with E-state index in [1.165, 1.54) is 0 Å². The van der Waals surface area contributed by atoms with Crippen molar-refractivity contribution in [2.24, 2.45) is 0 Å². The van der Waals surface area contributed by atoms with E-state index in [-0.39, 0.29) is 11.9 Å². The van der Waals surface area contributed by atoms with Gasteiger partial charge in [0.05, 0.1) is 17.2 Å². The molecule has 0 radical (unpaired) electrons. The predicted molar refractivity (Wildman–Crippen MR) is 87.0 cm³/mol. The Morgan fingerprint density at radius 3 is 3.05 bits per heavy atom. The van der Waals surface area contributed by atoms with E-state index < -0.39 is 6.10 Å². The molecule has 0 fully saturated rings. The topological polar surface area (TPSA) is 62.2 Å². The van der Waals surface area contributed by atoms with Crippen molar-refractivity contribution in [3.63, 3.8) is 0 Å². The summed E-state index contributed by atoms with van der Waals surface area (Å²) >= 11 is 1.60. The maximum Gasteiger partial charge on any atom is 0.252 e. The molecule has 1 amide bonds. The lowest BCUT2D eigenvalue weighted by atomic mass is 10.1. The zero-order valence-corrected chi connectivity index (χ0v) is 13.1. The predicted octanol–water partition coefficient (Wildman–Crippen LogP) is 2.58. The van der Waals surface area contributed by atoms with Crippen LogP contribution in [0.15, 0.2) is 47.6 Å². The number of aromatic nitrogens is 1. The molecule has 1 aliphatic rings. The summed E-state index contributed by atoms with van der Waals surface area (Å²) in [7, 11) is 0. The molecule has 2 unspecified atom stereocenters. The van der Waals surface area contributed by atoms with Crippen molar-refractivity contribution in [1.29, 1.82) is 0 Å². The molecule has 1 aliphatic carbocycles. The van der Waals surface area contributed by atoms with Gasteiger partial charge in [-0.15, -0.1) is 11.8 Å². The van der Waals surface area contributed by atoms with Crippen LogP contribution < -0.4 is 5.32 Å². The SMILES string of the molecule is CCSc1cc(C(=O)NC2c3ccccc3CC2O)ccn1. The summed E-state index contributed by atoms with van der Waals surface area (Å²) in [6.07, 6.45) is 1.65. The molecule has 0 saturated heterocycles. The van der Waals surface area contributed by atoms with Gasteiger partial charge < -0.3 is 10.4 Å². The minimum absolute atomic E-state index is 0.180. The van der Waals surface area contributed by atoms with Crippen molar-refractivity contribution < 1.29 is 9.90 Å². The van der Waals surface area contributed by atoms with E-state index in [4.69, 9.17) is 0 Å². The van der Waals surface area contributed by atoms with Crippen LogP contribution in [0.2, 0.25) is 0 Å². The number of hydrogen-bond donors (Lipinski definition) is 2. The van der Waals surface area contributed by atoms with Crippen LogP contribution in [0.25, 0.3) is 0 Å². The first-order valence-corrected chi connectivity index (χ1v) is 8.33. The van der Waals surface area contributed by atoms with E-state index in [0.29, 0.717) is 12.0 Å². The summed E-state index contributed by atoms with van der Waals surface area (Å²) in [5.74, 6) is 0.730. The maximum absolute atomic E-state index is 12.5. The number of aliphatic hydroxyl groups excluding tert-OH is 1. The summed E-state index contributed by atoms with van der Waals surface area (Å²) in [6.45, 7) is 2.05. The Hall–Kier alpha value is -1.85. The van der Waals surface area contributed by atoms with E-state index in [9.17, 15) is 9.90 Å². The molecule has 2 atom stereocenters. The molecule has 4 nitrogen and oxygen atoms in total. The summed E-state index contributed by atoms with van der Waals surface area (Å²) in [5.41, 5.74) is 2.67. The molecule has 114 valence electrons. The highest BCUT2D eigenvalue weighted by atomic mass is 32.2. The number of benzene rings is 1. The third-order valence-corrected chi connectivity index (χ3v) is 4.59. The largest absolute Gasteiger partial charge is 0.390 e. The van der Waals surface area contributed by atoms with Gasteiger partial charge in [0, 0.05) is 18.2 Å². The van der Waals surface area contributed by atoms with E-state index >= 15 is 0 Å². The van der Waals surface area contributed by atoms with Crippen molar-refractivity contribution in [3.8, 4) is 0 Å². The minimum Gasteiger partial charge on any atom is -0.390 e. The number of rotatable bonds is 4. The van der Waals surface area contributed by atoms with Crippen molar-refractivity contribution in [1.82, 2.24) is 10.3 Å². The van der Waals surface area contributed by atoms with Crippen LogP contribution in [-0.2, 0) is 6.42 Å². The number of carbonyl (C=O) groups excluding carboxylic acids is 1. The zero-order chi connectivity index (χ0) is 15.5. The van der Waals surface area contributed by atoms with Crippen LogP contribution in [-0.4, -0.2) is 27.9 Å². The number of carbonyl (C=O) groups is 1. The summed E-state index contributed by atoms with van der Waals surface area (Å²) in [5, 5.41) is 14.0. The van der Waals surface area contributed by atoms with Crippen LogP contribution in [0, 0.1) is 0 Å². The molecular formula is C17H18N2O2S. The standard InChI is InChI=1S/C17H18N2O2S/c1-2-22-15-10-12(7-8-18-15)17(21)19-16-13-6-4-3-5-11(13)9-14(16)20/h3-8,10,14,16,20H,2,9H2,1H3,(H,19,21). The summed E-state index contributed by atoms with van der Waals surface area (Å²) in [4.78, 5) is 16.7. The van der Waals surface area contributed by atoms with Gasteiger partial charge in [-0.3, -0.25) is 4.79 Å². The molecule has 0 saturated carbocycles. The van der Waals surface area contributed by atoms with Crippen LogP contribution in [0.1, 0.15) is 34.5 Å². The minimum atomic E-state index is -0.576. The lowest BCUT2D eigenvalue weighted by Crippen LogP contribution is -2.33. The van der Waals surface area contributed by atoms with Crippen LogP contribution in [0.3, 0.4) is 0 Å². The van der Waals surface area contributed by atoms with Crippen LogP contribution in [0.4, 0.5) is 0 Å². The van der Waals surface area contributed by atoms with E-state index in [1.807, 2.05) is 31.2 Å². The van der Waals surface area contributed by atoms with E-state index in [1.54, 1.807) is 30.1 Å². The molecule has 2 N–H and O–H groups in total. The Kier molecular flexibility index (Phi) is 4.45. The number of amides is 1. The van der Waals surface area contributed by atoms with Gasteiger partial charge in [0.25, 0.3) is 5.91 Å². The molecule has 5 heteroatoms. The van der Waals surface area contributed by atoms with E-state index in [0.717, 1.165) is 21.9 Å². The van der Waals surface area contributed by atoms with Gasteiger partial charge in [0.2, 0.25) is 0 Å². The first-order valence-electron chi connectivity index (χ1n) is 7.34. The fraction of sp³-hybridized carbons (Fsp3) is 0.294. The number of aliphatic hydroxyl groups is 1. The maximum atomic E-state index is 12.5. The highest BCUT2D eigenvalue weighted by Crippen LogP contribution is 2.31. The number of thioether (sulfide) groups is 1. The summed E-state index contributed by atoms with van der Waals surface area (Å²) in [6, 6.07) is 11.0. The highest BCUT2D eigenvalue weighted by molar-refractivity contribution is 7.99. The van der Waals surface area contributed by atoms with E-state index in [2.05, 4.69) is 10.3 Å². The fourth-order valence-corrected chi connectivity index (χ4v) is 3.39. The lowest BCUT2D eigenvalue weighted by molar-refractivity contribution is 0.0858. The van der Waals surface area contributed by atoms with Gasteiger partial charge in [0.15, 0.2) is 0 Å². The van der Waals surface area contributed by atoms with Crippen molar-refractivity contribution in [3.05, 3.63) is 59.3 Å². The van der Waals surface area contributed by atoms with Crippen molar-refractivity contribution in [2.75, 3.05) is 5.75 Å². The third-order valence-electron chi connectivity index (χ3n) is 3.78. The normalized spacial score (nSPS) is 19.7. The lowest BCUT2D eigenvalue weighted by Gasteiger charge is -2.18. The Morgan fingerprint density at radius 2 is 2.23 bits per heavy atom. The number of hydrogen-bond acceptors (Lipinski definition) is 4. The molecule has 1 aromatic heterocycles. The molecule has 0 bridgehead atoms. The van der Waals surface area contributed by atoms with Gasteiger partial charge in [-0.1, -0.05) is 31.2 Å². The molecule has 0 aliphatic heterocycles. The fourth-order valence-electron chi connectivity index (χ4n) is 2.75. The molecule has 3 rings (SSSR count). The second-order valence-electron chi connectivity index (χ2n) is 5.24. The zero-order valence-electron chi connectivity index (χ0n) is 12.3. The van der Waals surface area contributed by atoms with Crippen molar-refractivity contribution >= 4 is 17.7 Å². The van der Waals surface area contributed by atoms with Crippen molar-refractivity contribution in [2.45, 2.75) is 30.5 Å². The monoisotopic (exact) mass is 314 g/mol. The molecule has 2 aromatic rings. The highest BCUT2D eigenvalue weighted by Gasteiger charge is 2.32. The first-order chi connectivity index (χ1) is 10.7. The second-order valence-corrected chi connectivity index (χ2v) is 6.52. The van der Waals surface area contributed by atoms with Gasteiger partial charge in [0.1, 0.15) is 0 Å². The molecule has 22 heavy (non-hydrogen) atoms. The van der Waals surface area contributed by atoms with Crippen LogP contribution >= 0.6 is 11.8 Å². The quantitative estimate of drug-likeness (QED) is 0.852. The van der Waals surface area contributed by atoms with Crippen LogP contribution in [0.5, 0.6) is 0 Å². The van der Waals surface area contributed by atoms with Gasteiger partial charge in [-0.05, 0) is 29.0 Å². The van der Waals surface area contributed by atoms with Gasteiger partial charge >= 0.3 is 0 Å². The summed E-state index contributed by atoms with van der Waals surface area (Å²) < 4.78 is 0. The first kappa shape index (κ1) is 15.1. The number of nitrogens with zero attached hydrogens (tertiary/aromatic N) is 1. The molecule has 1 heterocycles. The smallest absolute Gasteiger partial charge is 0.252 e. The number of fused-ring (bicyclic) bond motifs is 1. The Morgan fingerprint density at radius 1 is 1.41 bits per heavy atom. The Balaban J connectivity index is 1.78.